The van der Waals surface area contributed by atoms with Gasteiger partial charge in [-0.05, 0) is 42.4 Å². The van der Waals surface area contributed by atoms with Gasteiger partial charge in [-0.2, -0.15) is 11.8 Å². The van der Waals surface area contributed by atoms with E-state index in [0.717, 1.165) is 34.9 Å². The summed E-state index contributed by atoms with van der Waals surface area (Å²) < 4.78 is 5.23. The number of benzene rings is 1. The maximum atomic E-state index is 5.23. The van der Waals surface area contributed by atoms with E-state index in [1.807, 2.05) is 18.2 Å². The highest BCUT2D eigenvalue weighted by molar-refractivity contribution is 7.99. The molecule has 3 nitrogen and oxygen atoms in total. The molecule has 0 spiro atoms. The van der Waals surface area contributed by atoms with Crippen LogP contribution in [-0.2, 0) is 6.42 Å². The fourth-order valence-electron chi connectivity index (χ4n) is 2.49. The Labute approximate surface area is 111 Å². The van der Waals surface area contributed by atoms with Gasteiger partial charge in [0.2, 0.25) is 0 Å². The summed E-state index contributed by atoms with van der Waals surface area (Å²) in [7, 11) is 1.69. The summed E-state index contributed by atoms with van der Waals surface area (Å²) in [6.07, 6.45) is 3.73. The molecule has 0 unspecified atom stereocenters. The normalized spacial score (nSPS) is 17.2. The Bertz CT molecular complexity index is 532. The van der Waals surface area contributed by atoms with Crippen LogP contribution in [0.3, 0.4) is 0 Å². The number of nitrogens with one attached hydrogen (secondary N) is 1. The van der Waals surface area contributed by atoms with Crippen molar-refractivity contribution in [3.63, 3.8) is 0 Å². The summed E-state index contributed by atoms with van der Waals surface area (Å²) in [5, 5.41) is 0. The number of hydrogen-bond acceptors (Lipinski definition) is 3. The number of methoxy groups -OCH3 is 1. The van der Waals surface area contributed by atoms with Crippen LogP contribution in [0.15, 0.2) is 18.2 Å². The molecular formula is C14H18N2OS. The van der Waals surface area contributed by atoms with Crippen LogP contribution in [-0.4, -0.2) is 28.6 Å². The van der Waals surface area contributed by atoms with E-state index in [-0.39, 0.29) is 0 Å². The van der Waals surface area contributed by atoms with Gasteiger partial charge >= 0.3 is 0 Å². The molecule has 1 saturated heterocycles. The highest BCUT2D eigenvalue weighted by Crippen LogP contribution is 2.26. The molecule has 0 amide bonds. The highest BCUT2D eigenvalue weighted by atomic mass is 32.2. The number of imidazole rings is 1. The lowest BCUT2D eigenvalue weighted by Crippen LogP contribution is -2.12. The number of rotatable bonds is 3. The molecule has 96 valence electrons. The molecule has 0 radical (unpaired) electrons. The molecule has 0 atom stereocenters. The van der Waals surface area contributed by atoms with E-state index in [0.29, 0.717) is 0 Å². The molecule has 1 N–H and O–H groups in total. The second-order valence-corrected chi connectivity index (χ2v) is 6.05. The third-order valence-electron chi connectivity index (χ3n) is 3.56. The number of hydrogen-bond donors (Lipinski definition) is 1. The van der Waals surface area contributed by atoms with Gasteiger partial charge in [-0.1, -0.05) is 0 Å². The van der Waals surface area contributed by atoms with Gasteiger partial charge in [0.15, 0.2) is 0 Å². The quantitative estimate of drug-likeness (QED) is 0.922. The van der Waals surface area contributed by atoms with Crippen molar-refractivity contribution in [1.82, 2.24) is 9.97 Å². The molecule has 1 aliphatic rings. The molecule has 0 bridgehead atoms. The monoisotopic (exact) mass is 262 g/mol. The summed E-state index contributed by atoms with van der Waals surface area (Å²) in [4.78, 5) is 8.08. The Kier molecular flexibility index (Phi) is 3.46. The van der Waals surface area contributed by atoms with Gasteiger partial charge in [-0.15, -0.1) is 0 Å². The predicted octanol–water partition coefficient (Wildman–Crippen LogP) is 3.26. The molecule has 0 aliphatic carbocycles. The van der Waals surface area contributed by atoms with Crippen molar-refractivity contribution in [3.8, 4) is 5.75 Å². The Hall–Kier alpha value is -1.16. The number of thioether (sulfide) groups is 1. The lowest BCUT2D eigenvalue weighted by molar-refractivity contribution is 0.415. The SMILES string of the molecule is COc1ccc2nc(CC3CCSCC3)[nH]c2c1. The second-order valence-electron chi connectivity index (χ2n) is 4.83. The summed E-state index contributed by atoms with van der Waals surface area (Å²) in [5.41, 5.74) is 2.12. The fraction of sp³-hybridized carbons (Fsp3) is 0.500. The van der Waals surface area contributed by atoms with Crippen molar-refractivity contribution in [2.45, 2.75) is 19.3 Å². The lowest BCUT2D eigenvalue weighted by atomic mass is 9.99. The van der Waals surface area contributed by atoms with Crippen LogP contribution >= 0.6 is 11.8 Å². The maximum Gasteiger partial charge on any atom is 0.121 e. The molecule has 2 heterocycles. The topological polar surface area (TPSA) is 37.9 Å². The minimum Gasteiger partial charge on any atom is -0.497 e. The van der Waals surface area contributed by atoms with Crippen LogP contribution in [0.1, 0.15) is 18.7 Å². The molecular weight excluding hydrogens is 244 g/mol. The van der Waals surface area contributed by atoms with E-state index < -0.39 is 0 Å². The van der Waals surface area contributed by atoms with Crippen molar-refractivity contribution >= 4 is 22.8 Å². The van der Waals surface area contributed by atoms with Crippen LogP contribution in [0, 0.1) is 5.92 Å². The summed E-state index contributed by atoms with van der Waals surface area (Å²) >= 11 is 2.07. The Balaban J connectivity index is 1.79. The molecule has 2 aromatic rings. The molecule has 0 saturated carbocycles. The number of aromatic amines is 1. The van der Waals surface area contributed by atoms with E-state index in [1.54, 1.807) is 7.11 Å². The first-order valence-electron chi connectivity index (χ1n) is 6.45. The standard InChI is InChI=1S/C14H18N2OS/c1-17-11-2-3-12-13(9-11)16-14(15-12)8-10-4-6-18-7-5-10/h2-3,9-10H,4-8H2,1H3,(H,15,16). The van der Waals surface area contributed by atoms with Crippen molar-refractivity contribution < 1.29 is 4.74 Å². The smallest absolute Gasteiger partial charge is 0.121 e. The fourth-order valence-corrected chi connectivity index (χ4v) is 3.69. The lowest BCUT2D eigenvalue weighted by Gasteiger charge is -2.19. The first-order chi connectivity index (χ1) is 8.85. The van der Waals surface area contributed by atoms with Gasteiger partial charge in [0.25, 0.3) is 0 Å². The van der Waals surface area contributed by atoms with Crippen molar-refractivity contribution in [3.05, 3.63) is 24.0 Å². The summed E-state index contributed by atoms with van der Waals surface area (Å²) in [6, 6.07) is 6.00. The average Bonchev–Trinajstić information content (AvgIpc) is 2.80. The third kappa shape index (κ3) is 2.48. The van der Waals surface area contributed by atoms with E-state index in [9.17, 15) is 0 Å². The first kappa shape index (κ1) is 11.9. The Morgan fingerprint density at radius 1 is 1.39 bits per heavy atom. The zero-order chi connectivity index (χ0) is 12.4. The Morgan fingerprint density at radius 3 is 3.00 bits per heavy atom. The zero-order valence-corrected chi connectivity index (χ0v) is 11.4. The van der Waals surface area contributed by atoms with Gasteiger partial charge in [0.1, 0.15) is 11.6 Å². The van der Waals surface area contributed by atoms with Crippen LogP contribution in [0.2, 0.25) is 0 Å². The van der Waals surface area contributed by atoms with Gasteiger partial charge in [-0.25, -0.2) is 4.98 Å². The van der Waals surface area contributed by atoms with Gasteiger partial charge in [0.05, 0.1) is 18.1 Å². The van der Waals surface area contributed by atoms with Crippen LogP contribution in [0.5, 0.6) is 5.75 Å². The number of H-pyrrole nitrogens is 1. The second kappa shape index (κ2) is 5.22. The maximum absolute atomic E-state index is 5.23. The largest absolute Gasteiger partial charge is 0.497 e. The van der Waals surface area contributed by atoms with E-state index in [4.69, 9.17) is 4.74 Å². The van der Waals surface area contributed by atoms with E-state index in [2.05, 4.69) is 21.7 Å². The average molecular weight is 262 g/mol. The van der Waals surface area contributed by atoms with Crippen molar-refractivity contribution in [2.75, 3.05) is 18.6 Å². The van der Waals surface area contributed by atoms with Crippen LogP contribution in [0.25, 0.3) is 11.0 Å². The van der Waals surface area contributed by atoms with Gasteiger partial charge in [0, 0.05) is 12.5 Å². The minimum absolute atomic E-state index is 0.800. The molecule has 3 rings (SSSR count). The van der Waals surface area contributed by atoms with Crippen molar-refractivity contribution in [1.29, 1.82) is 0 Å². The van der Waals surface area contributed by atoms with E-state index >= 15 is 0 Å². The number of fused-ring (bicyclic) bond motifs is 1. The molecule has 1 aliphatic heterocycles. The van der Waals surface area contributed by atoms with Gasteiger partial charge < -0.3 is 9.72 Å². The van der Waals surface area contributed by atoms with E-state index in [1.165, 1.54) is 24.3 Å². The molecule has 1 fully saturated rings. The number of nitrogens with zero attached hydrogens (tertiary/aromatic N) is 1. The highest BCUT2D eigenvalue weighted by Gasteiger charge is 2.16. The minimum atomic E-state index is 0.800. The molecule has 18 heavy (non-hydrogen) atoms. The molecule has 4 heteroatoms. The van der Waals surface area contributed by atoms with Gasteiger partial charge in [-0.3, -0.25) is 0 Å². The zero-order valence-electron chi connectivity index (χ0n) is 10.6. The number of aromatic nitrogens is 2. The molecule has 1 aromatic carbocycles. The predicted molar refractivity (Wildman–Crippen MR) is 76.4 cm³/mol. The first-order valence-corrected chi connectivity index (χ1v) is 7.61. The van der Waals surface area contributed by atoms with Crippen molar-refractivity contribution in [2.24, 2.45) is 5.92 Å². The Morgan fingerprint density at radius 2 is 2.22 bits per heavy atom. The summed E-state index contributed by atoms with van der Waals surface area (Å²) in [6.45, 7) is 0. The van der Waals surface area contributed by atoms with Crippen LogP contribution < -0.4 is 4.74 Å². The third-order valence-corrected chi connectivity index (χ3v) is 4.61. The molecule has 1 aromatic heterocycles. The number of ether oxygens (including phenoxy) is 1. The summed E-state index contributed by atoms with van der Waals surface area (Å²) in [5.74, 6) is 5.41. The van der Waals surface area contributed by atoms with Crippen LogP contribution in [0.4, 0.5) is 0 Å².